The van der Waals surface area contributed by atoms with Crippen molar-refractivity contribution in [2.24, 2.45) is 0 Å². The normalized spacial score (nSPS) is 9.38. The Hall–Kier alpha value is -0.670. The SMILES string of the molecule is N#Cc1cc(I)cc(F)c1C(=O)Cl. The number of halogens is 3. The molecule has 0 fully saturated rings. The van der Waals surface area contributed by atoms with Crippen LogP contribution >= 0.6 is 34.2 Å². The van der Waals surface area contributed by atoms with Gasteiger partial charge in [-0.15, -0.1) is 0 Å². The van der Waals surface area contributed by atoms with Crippen LogP contribution in [0.4, 0.5) is 4.39 Å². The van der Waals surface area contributed by atoms with Gasteiger partial charge in [0.05, 0.1) is 11.1 Å². The van der Waals surface area contributed by atoms with Gasteiger partial charge in [-0.2, -0.15) is 5.26 Å². The van der Waals surface area contributed by atoms with Crippen LogP contribution in [0, 0.1) is 20.7 Å². The number of carbonyl (C=O) groups excluding carboxylic acids is 1. The fraction of sp³-hybridized carbons (Fsp3) is 0. The van der Waals surface area contributed by atoms with E-state index in [-0.39, 0.29) is 11.1 Å². The molecule has 0 bridgehead atoms. The van der Waals surface area contributed by atoms with Crippen molar-refractivity contribution in [2.45, 2.75) is 0 Å². The van der Waals surface area contributed by atoms with Crippen LogP contribution in [-0.4, -0.2) is 5.24 Å². The summed E-state index contributed by atoms with van der Waals surface area (Å²) in [6, 6.07) is 4.26. The molecule has 0 radical (unpaired) electrons. The van der Waals surface area contributed by atoms with Crippen LogP contribution in [-0.2, 0) is 0 Å². The summed E-state index contributed by atoms with van der Waals surface area (Å²) in [5.74, 6) is -0.761. The summed E-state index contributed by atoms with van der Waals surface area (Å²) in [5, 5.41) is 7.63. The standard InChI is InChI=1S/C8H2ClFINO/c9-8(13)7-4(3-12)1-5(11)2-6(7)10/h1-2H. The van der Waals surface area contributed by atoms with Crippen LogP contribution in [0.3, 0.4) is 0 Å². The van der Waals surface area contributed by atoms with Gasteiger partial charge in [-0.1, -0.05) is 0 Å². The van der Waals surface area contributed by atoms with Gasteiger partial charge < -0.3 is 0 Å². The van der Waals surface area contributed by atoms with Gasteiger partial charge in [0, 0.05) is 3.57 Å². The van der Waals surface area contributed by atoms with Crippen LogP contribution in [0.5, 0.6) is 0 Å². The number of hydrogen-bond acceptors (Lipinski definition) is 2. The van der Waals surface area contributed by atoms with Gasteiger partial charge in [0.15, 0.2) is 0 Å². The lowest BCUT2D eigenvalue weighted by atomic mass is 10.1. The molecule has 0 aliphatic rings. The average molecular weight is 309 g/mol. The third-order valence-electron chi connectivity index (χ3n) is 1.37. The summed E-state index contributed by atoms with van der Waals surface area (Å²) in [6.07, 6.45) is 0. The summed E-state index contributed by atoms with van der Waals surface area (Å²) in [6.45, 7) is 0. The molecule has 0 amide bonds. The molecule has 0 unspecified atom stereocenters. The minimum absolute atomic E-state index is 0.0376. The van der Waals surface area contributed by atoms with Gasteiger partial charge in [0.2, 0.25) is 0 Å². The first-order valence-electron chi connectivity index (χ1n) is 3.15. The molecule has 1 rings (SSSR count). The molecule has 5 heteroatoms. The minimum atomic E-state index is -0.953. The van der Waals surface area contributed by atoms with Crippen molar-refractivity contribution in [3.8, 4) is 6.07 Å². The molecule has 2 nitrogen and oxygen atoms in total. The van der Waals surface area contributed by atoms with Gasteiger partial charge in [0.25, 0.3) is 5.24 Å². The predicted molar refractivity (Wildman–Crippen MR) is 54.0 cm³/mol. The highest BCUT2D eigenvalue weighted by molar-refractivity contribution is 14.1. The minimum Gasteiger partial charge on any atom is -0.275 e. The van der Waals surface area contributed by atoms with Gasteiger partial charge in [-0.25, -0.2) is 4.39 Å². The van der Waals surface area contributed by atoms with Gasteiger partial charge in [-0.05, 0) is 46.3 Å². The monoisotopic (exact) mass is 309 g/mol. The maximum Gasteiger partial charge on any atom is 0.256 e. The molecule has 1 aromatic rings. The first-order chi connectivity index (χ1) is 6.06. The lowest BCUT2D eigenvalue weighted by molar-refractivity contribution is 0.107. The Labute approximate surface area is 92.4 Å². The van der Waals surface area contributed by atoms with Crippen molar-refractivity contribution >= 4 is 39.4 Å². The quantitative estimate of drug-likeness (QED) is 0.591. The van der Waals surface area contributed by atoms with E-state index in [2.05, 4.69) is 0 Å². The molecule has 0 heterocycles. The second-order valence-corrected chi connectivity index (χ2v) is 3.78. The number of rotatable bonds is 1. The van der Waals surface area contributed by atoms with E-state index >= 15 is 0 Å². The van der Waals surface area contributed by atoms with Crippen molar-refractivity contribution in [2.75, 3.05) is 0 Å². The number of benzene rings is 1. The largest absolute Gasteiger partial charge is 0.275 e. The van der Waals surface area contributed by atoms with E-state index < -0.39 is 11.1 Å². The van der Waals surface area contributed by atoms with E-state index in [1.54, 1.807) is 6.07 Å². The smallest absolute Gasteiger partial charge is 0.256 e. The zero-order chi connectivity index (χ0) is 10.0. The van der Waals surface area contributed by atoms with E-state index in [1.165, 1.54) is 6.07 Å². The number of hydrogen-bond donors (Lipinski definition) is 0. The second kappa shape index (κ2) is 4.03. The van der Waals surface area contributed by atoms with Crippen LogP contribution in [0.2, 0.25) is 0 Å². The Kier molecular flexibility index (Phi) is 3.22. The average Bonchev–Trinajstić information content (AvgIpc) is 2.01. The van der Waals surface area contributed by atoms with Crippen molar-refractivity contribution < 1.29 is 9.18 Å². The molecular weight excluding hydrogens is 307 g/mol. The molecule has 0 aliphatic carbocycles. The molecule has 0 N–H and O–H groups in total. The molecule has 0 saturated carbocycles. The molecule has 0 saturated heterocycles. The van der Waals surface area contributed by atoms with Crippen LogP contribution in [0.1, 0.15) is 15.9 Å². The van der Waals surface area contributed by atoms with E-state index in [4.69, 9.17) is 16.9 Å². The lowest BCUT2D eigenvalue weighted by Gasteiger charge is -2.00. The molecule has 0 aromatic heterocycles. The fourth-order valence-electron chi connectivity index (χ4n) is 0.862. The maximum atomic E-state index is 13.1. The van der Waals surface area contributed by atoms with Crippen LogP contribution in [0.25, 0.3) is 0 Å². The third kappa shape index (κ3) is 2.17. The summed E-state index contributed by atoms with van der Waals surface area (Å²) in [4.78, 5) is 10.7. The topological polar surface area (TPSA) is 40.9 Å². The zero-order valence-electron chi connectivity index (χ0n) is 6.14. The van der Waals surface area contributed by atoms with E-state index in [1.807, 2.05) is 22.6 Å². The van der Waals surface area contributed by atoms with Crippen molar-refractivity contribution in [3.05, 3.63) is 32.6 Å². The Morgan fingerprint density at radius 1 is 1.62 bits per heavy atom. The molecule has 0 atom stereocenters. The third-order valence-corrected chi connectivity index (χ3v) is 2.18. The van der Waals surface area contributed by atoms with Crippen LogP contribution in [0.15, 0.2) is 12.1 Å². The molecule has 1 aromatic carbocycles. The van der Waals surface area contributed by atoms with Gasteiger partial charge in [0.1, 0.15) is 11.9 Å². The predicted octanol–water partition coefficient (Wildman–Crippen LogP) is 2.68. The zero-order valence-corrected chi connectivity index (χ0v) is 9.06. The van der Waals surface area contributed by atoms with E-state index in [0.717, 1.165) is 6.07 Å². The van der Waals surface area contributed by atoms with Gasteiger partial charge >= 0.3 is 0 Å². The number of carbonyl (C=O) groups is 1. The lowest BCUT2D eigenvalue weighted by Crippen LogP contribution is -1.99. The molecule has 66 valence electrons. The molecule has 0 spiro atoms. The first kappa shape index (κ1) is 10.4. The van der Waals surface area contributed by atoms with Crippen molar-refractivity contribution in [1.82, 2.24) is 0 Å². The highest BCUT2D eigenvalue weighted by atomic mass is 127. The van der Waals surface area contributed by atoms with Crippen LogP contribution < -0.4 is 0 Å². The van der Waals surface area contributed by atoms with Crippen molar-refractivity contribution in [1.29, 1.82) is 5.26 Å². The fourth-order valence-corrected chi connectivity index (χ4v) is 1.64. The van der Waals surface area contributed by atoms with Crippen molar-refractivity contribution in [3.63, 3.8) is 0 Å². The van der Waals surface area contributed by atoms with E-state index in [0.29, 0.717) is 3.57 Å². The Morgan fingerprint density at radius 2 is 2.23 bits per heavy atom. The molecule has 13 heavy (non-hydrogen) atoms. The summed E-state index contributed by atoms with van der Waals surface area (Å²) < 4.78 is 13.6. The number of nitrogens with zero attached hydrogens (tertiary/aromatic N) is 1. The summed E-state index contributed by atoms with van der Waals surface area (Å²) in [5.41, 5.74) is -0.394. The highest BCUT2D eigenvalue weighted by Crippen LogP contribution is 2.19. The summed E-state index contributed by atoms with van der Waals surface area (Å²) >= 11 is 6.96. The highest BCUT2D eigenvalue weighted by Gasteiger charge is 2.15. The van der Waals surface area contributed by atoms with E-state index in [9.17, 15) is 9.18 Å². The maximum absolute atomic E-state index is 13.1. The molecular formula is C8H2ClFINO. The number of nitriles is 1. The second-order valence-electron chi connectivity index (χ2n) is 2.20. The summed E-state index contributed by atoms with van der Waals surface area (Å²) in [7, 11) is 0. The molecule has 0 aliphatic heterocycles. The Morgan fingerprint density at radius 3 is 2.69 bits per heavy atom. The van der Waals surface area contributed by atoms with Gasteiger partial charge in [-0.3, -0.25) is 4.79 Å². The Bertz CT molecular complexity index is 413. The Balaban J connectivity index is 3.50. The first-order valence-corrected chi connectivity index (χ1v) is 4.61.